The Morgan fingerprint density at radius 1 is 1.15 bits per heavy atom. The molecule has 1 aromatic carbocycles. The Kier molecular flexibility index (Phi) is 4.81. The monoisotopic (exact) mass is 274 g/mol. The van der Waals surface area contributed by atoms with Gasteiger partial charge < -0.3 is 10.6 Å². The predicted octanol–water partition coefficient (Wildman–Crippen LogP) is 3.62. The lowest BCUT2D eigenvalue weighted by Crippen LogP contribution is -2.30. The molecule has 2 rings (SSSR count). The van der Waals surface area contributed by atoms with Gasteiger partial charge in [0.15, 0.2) is 0 Å². The van der Waals surface area contributed by atoms with E-state index in [1.54, 1.807) is 0 Å². The van der Waals surface area contributed by atoms with Crippen molar-refractivity contribution in [3.05, 3.63) is 29.3 Å². The SMILES string of the molecule is CC(C)c1cccc(C(C)C)c1NC(=O)CNC1CC1. The topological polar surface area (TPSA) is 41.1 Å². The summed E-state index contributed by atoms with van der Waals surface area (Å²) >= 11 is 0. The lowest BCUT2D eigenvalue weighted by molar-refractivity contribution is -0.115. The molecule has 3 heteroatoms. The van der Waals surface area contributed by atoms with E-state index in [0.29, 0.717) is 24.4 Å². The molecule has 0 bridgehead atoms. The minimum absolute atomic E-state index is 0.0619. The summed E-state index contributed by atoms with van der Waals surface area (Å²) in [5, 5.41) is 6.39. The number of hydrogen-bond acceptors (Lipinski definition) is 2. The molecule has 0 atom stereocenters. The third-order valence-electron chi connectivity index (χ3n) is 3.77. The maximum atomic E-state index is 12.1. The second-order valence-corrected chi connectivity index (χ2v) is 6.32. The van der Waals surface area contributed by atoms with Crippen molar-refractivity contribution in [3.63, 3.8) is 0 Å². The largest absolute Gasteiger partial charge is 0.324 e. The summed E-state index contributed by atoms with van der Waals surface area (Å²) < 4.78 is 0. The first-order valence-electron chi connectivity index (χ1n) is 7.65. The fourth-order valence-electron chi connectivity index (χ4n) is 2.40. The Morgan fingerprint density at radius 2 is 1.70 bits per heavy atom. The highest BCUT2D eigenvalue weighted by atomic mass is 16.1. The van der Waals surface area contributed by atoms with Crippen LogP contribution in [0.25, 0.3) is 0 Å². The average Bonchev–Trinajstić information content (AvgIpc) is 3.20. The number of amides is 1. The molecule has 0 aliphatic heterocycles. The zero-order valence-corrected chi connectivity index (χ0v) is 13.0. The van der Waals surface area contributed by atoms with Crippen molar-refractivity contribution in [2.24, 2.45) is 0 Å². The van der Waals surface area contributed by atoms with Crippen LogP contribution in [0.15, 0.2) is 18.2 Å². The van der Waals surface area contributed by atoms with E-state index in [1.165, 1.54) is 24.0 Å². The van der Waals surface area contributed by atoms with Gasteiger partial charge in [-0.15, -0.1) is 0 Å². The number of hydrogen-bond donors (Lipinski definition) is 2. The summed E-state index contributed by atoms with van der Waals surface area (Å²) in [5.41, 5.74) is 3.45. The number of nitrogens with one attached hydrogen (secondary N) is 2. The van der Waals surface area contributed by atoms with Crippen LogP contribution in [0.4, 0.5) is 5.69 Å². The van der Waals surface area contributed by atoms with E-state index in [0.717, 1.165) is 5.69 Å². The van der Waals surface area contributed by atoms with Gasteiger partial charge in [0.2, 0.25) is 5.91 Å². The zero-order valence-electron chi connectivity index (χ0n) is 13.0. The number of benzene rings is 1. The molecule has 0 aromatic heterocycles. The van der Waals surface area contributed by atoms with Gasteiger partial charge in [0.25, 0.3) is 0 Å². The smallest absolute Gasteiger partial charge is 0.238 e. The molecule has 1 saturated carbocycles. The standard InChI is InChI=1S/C17H26N2O/c1-11(2)14-6-5-7-15(12(3)4)17(14)19-16(20)10-18-13-8-9-13/h5-7,11-13,18H,8-10H2,1-4H3,(H,19,20). The van der Waals surface area contributed by atoms with Crippen LogP contribution in [0.5, 0.6) is 0 Å². The molecular formula is C17H26N2O. The second kappa shape index (κ2) is 6.40. The van der Waals surface area contributed by atoms with Crippen LogP contribution >= 0.6 is 0 Å². The van der Waals surface area contributed by atoms with Gasteiger partial charge in [0.1, 0.15) is 0 Å². The summed E-state index contributed by atoms with van der Waals surface area (Å²) in [5.74, 6) is 0.868. The molecule has 20 heavy (non-hydrogen) atoms. The van der Waals surface area contributed by atoms with Crippen molar-refractivity contribution in [3.8, 4) is 0 Å². The van der Waals surface area contributed by atoms with E-state index in [1.807, 2.05) is 0 Å². The molecule has 1 amide bonds. The van der Waals surface area contributed by atoms with Gasteiger partial charge in [-0.1, -0.05) is 45.9 Å². The number of anilines is 1. The van der Waals surface area contributed by atoms with E-state index < -0.39 is 0 Å². The van der Waals surface area contributed by atoms with Crippen molar-refractivity contribution in [1.29, 1.82) is 0 Å². The number of rotatable bonds is 6. The molecule has 1 aliphatic carbocycles. The van der Waals surface area contributed by atoms with Crippen molar-refractivity contribution >= 4 is 11.6 Å². The van der Waals surface area contributed by atoms with Gasteiger partial charge >= 0.3 is 0 Å². The molecule has 0 saturated heterocycles. The van der Waals surface area contributed by atoms with Crippen LogP contribution in [0, 0.1) is 0 Å². The fraction of sp³-hybridized carbons (Fsp3) is 0.588. The van der Waals surface area contributed by atoms with Gasteiger partial charge in [-0.3, -0.25) is 4.79 Å². The summed E-state index contributed by atoms with van der Waals surface area (Å²) in [6, 6.07) is 6.87. The van der Waals surface area contributed by atoms with Crippen LogP contribution in [0.1, 0.15) is 63.5 Å². The van der Waals surface area contributed by atoms with E-state index >= 15 is 0 Å². The maximum Gasteiger partial charge on any atom is 0.238 e. The summed E-state index contributed by atoms with van der Waals surface area (Å²) in [6.45, 7) is 9.07. The molecule has 0 radical (unpaired) electrons. The first-order chi connectivity index (χ1) is 9.49. The number of para-hydroxylation sites is 1. The van der Waals surface area contributed by atoms with E-state index in [9.17, 15) is 4.79 Å². The van der Waals surface area contributed by atoms with E-state index in [-0.39, 0.29) is 5.91 Å². The predicted molar refractivity (Wildman–Crippen MR) is 84.3 cm³/mol. The van der Waals surface area contributed by atoms with Crippen LogP contribution in [-0.2, 0) is 4.79 Å². The lowest BCUT2D eigenvalue weighted by atomic mass is 9.92. The Morgan fingerprint density at radius 3 is 2.15 bits per heavy atom. The summed E-state index contributed by atoms with van der Waals surface area (Å²) in [4.78, 5) is 12.1. The Labute approximate surface area is 122 Å². The number of carbonyl (C=O) groups is 1. The molecule has 1 aromatic rings. The Bertz CT molecular complexity index is 450. The Balaban J connectivity index is 2.15. The van der Waals surface area contributed by atoms with Gasteiger partial charge in [-0.2, -0.15) is 0 Å². The Hall–Kier alpha value is -1.35. The highest BCUT2D eigenvalue weighted by Crippen LogP contribution is 2.32. The highest BCUT2D eigenvalue weighted by Gasteiger charge is 2.22. The first kappa shape index (κ1) is 15.0. The van der Waals surface area contributed by atoms with E-state index in [2.05, 4.69) is 56.5 Å². The van der Waals surface area contributed by atoms with E-state index in [4.69, 9.17) is 0 Å². The van der Waals surface area contributed by atoms with Gasteiger partial charge in [0.05, 0.1) is 6.54 Å². The molecule has 1 aliphatic rings. The van der Waals surface area contributed by atoms with Gasteiger partial charge in [-0.05, 0) is 35.8 Å². The van der Waals surface area contributed by atoms with Gasteiger partial charge in [-0.25, -0.2) is 0 Å². The quantitative estimate of drug-likeness (QED) is 0.832. The van der Waals surface area contributed by atoms with Crippen molar-refractivity contribution in [2.45, 2.75) is 58.4 Å². The third-order valence-corrected chi connectivity index (χ3v) is 3.77. The van der Waals surface area contributed by atoms with Crippen LogP contribution in [0.2, 0.25) is 0 Å². The van der Waals surface area contributed by atoms with Crippen LogP contribution < -0.4 is 10.6 Å². The molecule has 110 valence electrons. The van der Waals surface area contributed by atoms with Crippen molar-refractivity contribution < 1.29 is 4.79 Å². The molecule has 0 unspecified atom stereocenters. The minimum atomic E-state index is 0.0619. The molecule has 1 fully saturated rings. The molecular weight excluding hydrogens is 248 g/mol. The fourth-order valence-corrected chi connectivity index (χ4v) is 2.40. The summed E-state index contributed by atoms with van der Waals surface area (Å²) in [6.07, 6.45) is 2.40. The van der Waals surface area contributed by atoms with Crippen LogP contribution in [0.3, 0.4) is 0 Å². The zero-order chi connectivity index (χ0) is 14.7. The second-order valence-electron chi connectivity index (χ2n) is 6.32. The number of carbonyl (C=O) groups excluding carboxylic acids is 1. The van der Waals surface area contributed by atoms with Crippen molar-refractivity contribution in [2.75, 3.05) is 11.9 Å². The third kappa shape index (κ3) is 3.83. The summed E-state index contributed by atoms with van der Waals surface area (Å²) in [7, 11) is 0. The molecule has 0 heterocycles. The van der Waals surface area contributed by atoms with Crippen LogP contribution in [-0.4, -0.2) is 18.5 Å². The maximum absolute atomic E-state index is 12.1. The lowest BCUT2D eigenvalue weighted by Gasteiger charge is -2.20. The van der Waals surface area contributed by atoms with Crippen molar-refractivity contribution in [1.82, 2.24) is 5.32 Å². The van der Waals surface area contributed by atoms with Gasteiger partial charge in [0, 0.05) is 11.7 Å². The normalized spacial score (nSPS) is 14.9. The molecule has 2 N–H and O–H groups in total. The first-order valence-corrected chi connectivity index (χ1v) is 7.65. The molecule has 0 spiro atoms. The average molecular weight is 274 g/mol. The minimum Gasteiger partial charge on any atom is -0.324 e. The highest BCUT2D eigenvalue weighted by molar-refractivity contribution is 5.94. The molecule has 3 nitrogen and oxygen atoms in total.